The fourth-order valence-corrected chi connectivity index (χ4v) is 4.82. The maximum absolute atomic E-state index is 12.4. The third-order valence-electron chi connectivity index (χ3n) is 4.21. The minimum atomic E-state index is -0.150. The van der Waals surface area contributed by atoms with Gasteiger partial charge < -0.3 is 4.74 Å². The molecule has 0 saturated carbocycles. The predicted octanol–water partition coefficient (Wildman–Crippen LogP) is 4.76. The number of thiazole rings is 1. The maximum Gasteiger partial charge on any atom is 0.230 e. The zero-order valence-corrected chi connectivity index (χ0v) is 19.0. The van der Waals surface area contributed by atoms with Crippen LogP contribution in [0.3, 0.4) is 0 Å². The van der Waals surface area contributed by atoms with Crippen LogP contribution < -0.4 is 9.64 Å². The number of thioether (sulfide) groups is 1. The number of carbonyl (C=O) groups is 1. The van der Waals surface area contributed by atoms with Gasteiger partial charge in [0.1, 0.15) is 5.75 Å². The quantitative estimate of drug-likeness (QED) is 0.358. The van der Waals surface area contributed by atoms with E-state index in [1.54, 1.807) is 28.8 Å². The van der Waals surface area contributed by atoms with Gasteiger partial charge in [0.2, 0.25) is 11.1 Å². The Hall–Kier alpha value is -2.95. The van der Waals surface area contributed by atoms with E-state index < -0.39 is 0 Å². The highest BCUT2D eigenvalue weighted by Crippen LogP contribution is 2.36. The van der Waals surface area contributed by atoms with Gasteiger partial charge in [0, 0.05) is 23.1 Å². The van der Waals surface area contributed by atoms with Gasteiger partial charge in [-0.05, 0) is 40.8 Å². The van der Waals surface area contributed by atoms with Gasteiger partial charge in [0.05, 0.1) is 24.2 Å². The Morgan fingerprint density at radius 3 is 2.87 bits per heavy atom. The van der Waals surface area contributed by atoms with Gasteiger partial charge in [0.25, 0.3) is 0 Å². The largest absolute Gasteiger partial charge is 0.495 e. The molecule has 2 aromatic heterocycles. The third-order valence-corrected chi connectivity index (χ3v) is 6.28. The van der Waals surface area contributed by atoms with E-state index in [4.69, 9.17) is 16.3 Å². The van der Waals surface area contributed by atoms with E-state index in [1.807, 2.05) is 41.8 Å². The van der Waals surface area contributed by atoms with Crippen LogP contribution in [0.4, 0.5) is 10.8 Å². The summed E-state index contributed by atoms with van der Waals surface area (Å²) < 4.78 is 7.03. The molecule has 0 N–H and O–H groups in total. The lowest BCUT2D eigenvalue weighted by Gasteiger charge is -2.20. The number of carbonyl (C=O) groups excluding carboxylic acids is 1. The molecule has 0 unspecified atom stereocenters. The number of tetrazole rings is 1. The molecule has 4 rings (SSSR count). The van der Waals surface area contributed by atoms with Crippen molar-refractivity contribution in [2.75, 3.05) is 12.0 Å². The van der Waals surface area contributed by atoms with E-state index in [0.29, 0.717) is 32.5 Å². The number of nitrogens with zero attached hydrogens (tertiary/aromatic N) is 6. The lowest BCUT2D eigenvalue weighted by Crippen LogP contribution is -2.23. The number of rotatable bonds is 7. The first kappa shape index (κ1) is 21.3. The Bertz CT molecular complexity index is 1210. The van der Waals surface area contributed by atoms with Crippen LogP contribution in [0, 0.1) is 0 Å². The molecule has 0 radical (unpaired) electrons. The van der Waals surface area contributed by atoms with Gasteiger partial charge in [0.15, 0.2) is 5.13 Å². The highest BCUT2D eigenvalue weighted by atomic mass is 35.5. The van der Waals surface area contributed by atoms with Crippen LogP contribution in [0.25, 0.3) is 5.69 Å². The number of anilines is 2. The minimum absolute atomic E-state index is 0.150. The molecule has 11 heteroatoms. The Kier molecular flexibility index (Phi) is 6.50. The monoisotopic (exact) mass is 472 g/mol. The van der Waals surface area contributed by atoms with E-state index >= 15 is 0 Å². The first-order chi connectivity index (χ1) is 15.1. The minimum Gasteiger partial charge on any atom is -0.495 e. The van der Waals surface area contributed by atoms with E-state index in [-0.39, 0.29) is 5.91 Å². The molecule has 4 aromatic rings. The second-order valence-electron chi connectivity index (χ2n) is 6.29. The summed E-state index contributed by atoms with van der Waals surface area (Å²) in [6, 6.07) is 14.7. The van der Waals surface area contributed by atoms with Crippen molar-refractivity contribution in [2.24, 2.45) is 0 Å². The molecule has 0 saturated heterocycles. The molecule has 31 heavy (non-hydrogen) atoms. The summed E-state index contributed by atoms with van der Waals surface area (Å²) in [7, 11) is 1.57. The number of para-hydroxylation sites is 2. The normalized spacial score (nSPS) is 10.8. The van der Waals surface area contributed by atoms with Crippen LogP contribution in [0.5, 0.6) is 5.75 Å². The SMILES string of the molecule is COc1ccccc1N(C(C)=O)c1nc(CSc2nnnn2-c2cccc(Cl)c2)cs1. The number of ether oxygens (including phenoxy) is 1. The van der Waals surface area contributed by atoms with Crippen molar-refractivity contribution in [3.63, 3.8) is 0 Å². The Labute approximate surface area is 191 Å². The molecular weight excluding hydrogens is 456 g/mol. The highest BCUT2D eigenvalue weighted by Gasteiger charge is 2.21. The number of benzene rings is 2. The smallest absolute Gasteiger partial charge is 0.230 e. The number of aromatic nitrogens is 5. The van der Waals surface area contributed by atoms with Crippen molar-refractivity contribution < 1.29 is 9.53 Å². The van der Waals surface area contributed by atoms with Crippen LogP contribution in [0.2, 0.25) is 5.02 Å². The number of halogens is 1. The van der Waals surface area contributed by atoms with E-state index in [9.17, 15) is 4.79 Å². The van der Waals surface area contributed by atoms with Crippen LogP contribution in [0.1, 0.15) is 12.6 Å². The standard InChI is InChI=1S/C20H17ClN6O2S2/c1-13(28)26(17-8-3-4-9-18(17)29-2)19-22-15(11-30-19)12-31-20-23-24-25-27(20)16-7-5-6-14(21)10-16/h3-11H,12H2,1-2H3. The van der Waals surface area contributed by atoms with E-state index in [0.717, 1.165) is 11.4 Å². The zero-order valence-electron chi connectivity index (χ0n) is 16.6. The lowest BCUT2D eigenvalue weighted by molar-refractivity contribution is -0.115. The van der Waals surface area contributed by atoms with Gasteiger partial charge in [-0.1, -0.05) is 41.6 Å². The van der Waals surface area contributed by atoms with Gasteiger partial charge >= 0.3 is 0 Å². The van der Waals surface area contributed by atoms with Crippen LogP contribution in [-0.4, -0.2) is 38.2 Å². The predicted molar refractivity (Wildman–Crippen MR) is 122 cm³/mol. The lowest BCUT2D eigenvalue weighted by atomic mass is 10.2. The van der Waals surface area contributed by atoms with Gasteiger partial charge in [-0.2, -0.15) is 4.68 Å². The molecule has 0 atom stereocenters. The van der Waals surface area contributed by atoms with Crippen molar-refractivity contribution in [2.45, 2.75) is 17.8 Å². The second kappa shape index (κ2) is 9.46. The average molecular weight is 473 g/mol. The molecule has 0 aliphatic rings. The van der Waals surface area contributed by atoms with Crippen LogP contribution in [-0.2, 0) is 10.5 Å². The summed E-state index contributed by atoms with van der Waals surface area (Å²) in [6.45, 7) is 1.50. The molecule has 1 amide bonds. The van der Waals surface area contributed by atoms with Crippen molar-refractivity contribution in [3.05, 3.63) is 64.6 Å². The van der Waals surface area contributed by atoms with Crippen molar-refractivity contribution in [1.29, 1.82) is 0 Å². The fraction of sp³-hybridized carbons (Fsp3) is 0.150. The topological polar surface area (TPSA) is 86.0 Å². The van der Waals surface area contributed by atoms with E-state index in [2.05, 4.69) is 20.5 Å². The number of hydrogen-bond donors (Lipinski definition) is 0. The van der Waals surface area contributed by atoms with E-state index in [1.165, 1.54) is 30.0 Å². The summed E-state index contributed by atoms with van der Waals surface area (Å²) in [6.07, 6.45) is 0. The highest BCUT2D eigenvalue weighted by molar-refractivity contribution is 7.98. The molecule has 0 aliphatic heterocycles. The summed E-state index contributed by atoms with van der Waals surface area (Å²) >= 11 is 8.91. The summed E-state index contributed by atoms with van der Waals surface area (Å²) in [5.41, 5.74) is 2.24. The van der Waals surface area contributed by atoms with Crippen LogP contribution >= 0.6 is 34.7 Å². The Balaban J connectivity index is 1.54. The Morgan fingerprint density at radius 1 is 1.26 bits per heavy atom. The summed E-state index contributed by atoms with van der Waals surface area (Å²) in [4.78, 5) is 18.6. The summed E-state index contributed by atoms with van der Waals surface area (Å²) in [5, 5.41) is 15.6. The van der Waals surface area contributed by atoms with Crippen molar-refractivity contribution in [3.8, 4) is 11.4 Å². The molecule has 2 aromatic carbocycles. The first-order valence-corrected chi connectivity index (χ1v) is 11.4. The number of hydrogen-bond acceptors (Lipinski definition) is 8. The molecule has 8 nitrogen and oxygen atoms in total. The zero-order chi connectivity index (χ0) is 21.8. The van der Waals surface area contributed by atoms with Gasteiger partial charge in [-0.15, -0.1) is 16.4 Å². The molecular formula is C20H17ClN6O2S2. The van der Waals surface area contributed by atoms with Crippen molar-refractivity contribution in [1.82, 2.24) is 25.2 Å². The average Bonchev–Trinajstić information content (AvgIpc) is 3.42. The fourth-order valence-electron chi connectivity index (χ4n) is 2.86. The second-order valence-corrected chi connectivity index (χ2v) is 8.50. The molecule has 158 valence electrons. The summed E-state index contributed by atoms with van der Waals surface area (Å²) in [5.74, 6) is 0.988. The first-order valence-electron chi connectivity index (χ1n) is 9.12. The number of methoxy groups -OCH3 is 1. The molecule has 0 bridgehead atoms. The molecule has 2 heterocycles. The maximum atomic E-state index is 12.4. The Morgan fingerprint density at radius 2 is 2.10 bits per heavy atom. The third kappa shape index (κ3) is 4.71. The molecule has 0 spiro atoms. The van der Waals surface area contributed by atoms with Crippen molar-refractivity contribution >= 4 is 51.4 Å². The van der Waals surface area contributed by atoms with Gasteiger partial charge in [-0.3, -0.25) is 9.69 Å². The van der Waals surface area contributed by atoms with Crippen LogP contribution in [0.15, 0.2) is 59.1 Å². The number of amides is 1. The molecule has 0 fully saturated rings. The van der Waals surface area contributed by atoms with Gasteiger partial charge in [-0.25, -0.2) is 4.98 Å². The molecule has 0 aliphatic carbocycles.